The third-order valence-electron chi connectivity index (χ3n) is 9.02. The summed E-state index contributed by atoms with van der Waals surface area (Å²) in [6, 6.07) is 1.30. The van der Waals surface area contributed by atoms with Gasteiger partial charge >= 0.3 is 11.8 Å². The van der Waals surface area contributed by atoms with Crippen molar-refractivity contribution in [3.05, 3.63) is 40.7 Å². The molecule has 19 heteroatoms. The summed E-state index contributed by atoms with van der Waals surface area (Å²) >= 11 is 0. The van der Waals surface area contributed by atoms with Gasteiger partial charge in [-0.3, -0.25) is 9.59 Å². The van der Waals surface area contributed by atoms with Crippen molar-refractivity contribution in [3.8, 4) is 0 Å². The number of hydrogen-bond donors (Lipinski definition) is 2. The van der Waals surface area contributed by atoms with Crippen LogP contribution in [0.5, 0.6) is 0 Å². The van der Waals surface area contributed by atoms with Crippen LogP contribution in [0.15, 0.2) is 16.8 Å². The third-order valence-corrected chi connectivity index (χ3v) is 10.8. The first-order valence-electron chi connectivity index (χ1n) is 15.3. The fourth-order valence-corrected chi connectivity index (χ4v) is 7.00. The number of nitrogens with zero attached hydrogens (tertiary/aromatic N) is 4. The van der Waals surface area contributed by atoms with Gasteiger partial charge in [-0.1, -0.05) is 25.1 Å². The maximum atomic E-state index is 16.3. The lowest BCUT2D eigenvalue weighted by atomic mass is 9.81. The Hall–Kier alpha value is -3.77. The summed E-state index contributed by atoms with van der Waals surface area (Å²) in [7, 11) is -3.76. The van der Waals surface area contributed by atoms with Gasteiger partial charge < -0.3 is 15.2 Å². The normalized spacial score (nSPS) is 20.6. The number of amides is 2. The van der Waals surface area contributed by atoms with Crippen molar-refractivity contribution in [2.24, 2.45) is 5.92 Å². The van der Waals surface area contributed by atoms with Crippen molar-refractivity contribution >= 4 is 32.7 Å². The summed E-state index contributed by atoms with van der Waals surface area (Å²) in [6.45, 7) is -0.257. The van der Waals surface area contributed by atoms with E-state index in [2.05, 4.69) is 30.2 Å². The Labute approximate surface area is 269 Å². The van der Waals surface area contributed by atoms with E-state index in [4.69, 9.17) is 0 Å². The van der Waals surface area contributed by atoms with E-state index in [1.54, 1.807) is 6.92 Å². The molecule has 2 aromatic heterocycles. The number of hydrogen-bond acceptors (Lipinski definition) is 8. The van der Waals surface area contributed by atoms with Crippen LogP contribution in [0.2, 0.25) is 0 Å². The smallest absolute Gasteiger partial charge is 0.329 e. The fourth-order valence-electron chi connectivity index (χ4n) is 6.12. The van der Waals surface area contributed by atoms with Gasteiger partial charge in [-0.2, -0.15) is 17.6 Å². The number of sulfone groups is 1. The average molecular weight is 711 g/mol. The van der Waals surface area contributed by atoms with Crippen molar-refractivity contribution in [2.75, 3.05) is 24.6 Å². The number of benzene rings is 1. The molecule has 1 saturated carbocycles. The summed E-state index contributed by atoms with van der Waals surface area (Å²) in [6.07, 6.45) is -1.33. The van der Waals surface area contributed by atoms with Crippen molar-refractivity contribution in [3.63, 3.8) is 0 Å². The van der Waals surface area contributed by atoms with Gasteiger partial charge in [-0.15, -0.1) is 0 Å². The molecule has 1 aliphatic carbocycles. The Balaban J connectivity index is 1.52. The van der Waals surface area contributed by atoms with E-state index < -0.39 is 112 Å². The molecule has 5 rings (SSSR count). The molecule has 48 heavy (non-hydrogen) atoms. The van der Waals surface area contributed by atoms with Crippen LogP contribution in [0.1, 0.15) is 85.5 Å². The first-order chi connectivity index (χ1) is 22.4. The SMILES string of the molecule is CCc1nonc1C(=O)N[C@H](c1nc2c(F)c([C@@H](CCS(=O)(=O)CC)C(=O)N3CC(F)(F)C(F)(F)C3)ccc2[nH]1)C1CCC(F)(F)CC1. The number of H-pyrrole nitrogens is 1. The zero-order chi connectivity index (χ0) is 35.2. The lowest BCUT2D eigenvalue weighted by Gasteiger charge is -2.33. The van der Waals surface area contributed by atoms with Crippen LogP contribution in [-0.2, 0) is 21.1 Å². The minimum Gasteiger partial charge on any atom is -0.340 e. The minimum absolute atomic E-state index is 0.0330. The zero-order valence-corrected chi connectivity index (χ0v) is 26.7. The molecule has 2 atom stereocenters. The molecule has 0 spiro atoms. The number of halogens is 7. The summed E-state index contributed by atoms with van der Waals surface area (Å²) in [4.78, 5) is 34.0. The van der Waals surface area contributed by atoms with Crippen LogP contribution < -0.4 is 5.32 Å². The van der Waals surface area contributed by atoms with E-state index in [1.165, 1.54) is 13.0 Å². The van der Waals surface area contributed by atoms with Crippen molar-refractivity contribution in [1.29, 1.82) is 0 Å². The van der Waals surface area contributed by atoms with Crippen LogP contribution in [0.4, 0.5) is 30.7 Å². The van der Waals surface area contributed by atoms with Crippen molar-refractivity contribution in [1.82, 2.24) is 30.5 Å². The number of aromatic amines is 1. The number of imidazole rings is 1. The highest BCUT2D eigenvalue weighted by molar-refractivity contribution is 7.91. The van der Waals surface area contributed by atoms with Crippen molar-refractivity contribution < 1.29 is 53.4 Å². The molecular formula is C29H33F7N6O5S. The summed E-state index contributed by atoms with van der Waals surface area (Å²) in [5.41, 5.74) is -0.732. The molecule has 1 aromatic carbocycles. The summed E-state index contributed by atoms with van der Waals surface area (Å²) in [5.74, 6) is -18.6. The number of likely N-dealkylation sites (tertiary alicyclic amines) is 1. The Morgan fingerprint density at radius 3 is 2.31 bits per heavy atom. The molecule has 0 bridgehead atoms. The van der Waals surface area contributed by atoms with Crippen LogP contribution in [0.25, 0.3) is 11.0 Å². The fraction of sp³-hybridized carbons (Fsp3) is 0.621. The largest absolute Gasteiger partial charge is 0.340 e. The summed E-state index contributed by atoms with van der Waals surface area (Å²) < 4.78 is 130. The topological polar surface area (TPSA) is 151 Å². The van der Waals surface area contributed by atoms with Gasteiger partial charge in [0.2, 0.25) is 11.8 Å². The summed E-state index contributed by atoms with van der Waals surface area (Å²) in [5, 5.41) is 9.99. The van der Waals surface area contributed by atoms with Gasteiger partial charge in [-0.05, 0) is 42.8 Å². The lowest BCUT2D eigenvalue weighted by Crippen LogP contribution is -2.38. The standard InChI is InChI=1S/C29H33F7N6O5S/c1-3-18-23(41-47-40-18)25(43)39-21(15-7-10-27(31,32)11-8-15)24-37-19-6-5-16(20(30)22(19)38-24)17(9-12-48(45,46)4-2)26(44)42-13-28(33,34)29(35,36)14-42/h5-6,15,17,21H,3-4,7-14H2,1-2H3,(H,37,38)(H,39,43)/t17-,21+/m1/s1. The number of rotatable bonds is 11. The number of aryl methyl sites for hydroxylation is 1. The number of fused-ring (bicyclic) bond motifs is 1. The average Bonchev–Trinajstić information content (AvgIpc) is 3.73. The second-order valence-electron chi connectivity index (χ2n) is 12.2. The van der Waals surface area contributed by atoms with Crippen LogP contribution in [0.3, 0.4) is 0 Å². The molecule has 1 aliphatic heterocycles. The van der Waals surface area contributed by atoms with E-state index in [1.807, 2.05) is 0 Å². The van der Waals surface area contributed by atoms with Crippen LogP contribution >= 0.6 is 0 Å². The quantitative estimate of drug-likeness (QED) is 0.265. The maximum Gasteiger partial charge on any atom is 0.329 e. The Kier molecular flexibility index (Phi) is 9.57. The molecule has 0 radical (unpaired) electrons. The highest BCUT2D eigenvalue weighted by atomic mass is 32.2. The molecular weight excluding hydrogens is 677 g/mol. The molecule has 2 fully saturated rings. The number of nitrogens with one attached hydrogen (secondary N) is 2. The van der Waals surface area contributed by atoms with E-state index in [0.29, 0.717) is 0 Å². The van der Waals surface area contributed by atoms with Crippen LogP contribution in [-0.4, -0.2) is 87.8 Å². The maximum absolute atomic E-state index is 16.3. The van der Waals surface area contributed by atoms with Gasteiger partial charge in [-0.25, -0.2) is 31.2 Å². The second-order valence-corrected chi connectivity index (χ2v) is 14.7. The highest BCUT2D eigenvalue weighted by Crippen LogP contribution is 2.44. The number of carbonyl (C=O) groups excluding carboxylic acids is 2. The van der Waals surface area contributed by atoms with Crippen LogP contribution in [0, 0.1) is 11.7 Å². The molecule has 2 N–H and O–H groups in total. The van der Waals surface area contributed by atoms with E-state index in [-0.39, 0.29) is 52.6 Å². The van der Waals surface area contributed by atoms with Gasteiger partial charge in [0, 0.05) is 24.2 Å². The minimum atomic E-state index is -4.55. The lowest BCUT2D eigenvalue weighted by molar-refractivity contribution is -0.172. The first-order valence-corrected chi connectivity index (χ1v) is 17.1. The molecule has 2 aliphatic rings. The molecule has 11 nitrogen and oxygen atoms in total. The Morgan fingerprint density at radius 1 is 1.06 bits per heavy atom. The first kappa shape index (κ1) is 35.5. The molecule has 3 aromatic rings. The van der Waals surface area contributed by atoms with Gasteiger partial charge in [0.05, 0.1) is 36.3 Å². The number of alkyl halides is 6. The number of aromatic nitrogens is 4. The van der Waals surface area contributed by atoms with E-state index in [9.17, 15) is 44.3 Å². The molecule has 264 valence electrons. The molecule has 2 amide bonds. The third kappa shape index (κ3) is 7.01. The highest BCUT2D eigenvalue weighted by Gasteiger charge is 2.64. The zero-order valence-electron chi connectivity index (χ0n) is 25.8. The molecule has 3 heterocycles. The number of carbonyl (C=O) groups is 2. The van der Waals surface area contributed by atoms with Gasteiger partial charge in [0.1, 0.15) is 26.9 Å². The predicted octanol–water partition coefficient (Wildman–Crippen LogP) is 4.97. The Bertz CT molecular complexity index is 1770. The molecule has 1 saturated heterocycles. The second kappa shape index (κ2) is 12.9. The van der Waals surface area contributed by atoms with E-state index >= 15 is 4.39 Å². The monoisotopic (exact) mass is 710 g/mol. The van der Waals surface area contributed by atoms with Gasteiger partial charge in [0.25, 0.3) is 5.91 Å². The van der Waals surface area contributed by atoms with Crippen molar-refractivity contribution in [2.45, 2.75) is 82.1 Å². The van der Waals surface area contributed by atoms with Gasteiger partial charge in [0.15, 0.2) is 11.5 Å². The van der Waals surface area contributed by atoms with E-state index in [0.717, 1.165) is 6.07 Å². The predicted molar refractivity (Wildman–Crippen MR) is 155 cm³/mol. The Morgan fingerprint density at radius 2 is 1.71 bits per heavy atom. The molecule has 0 unspecified atom stereocenters.